The Morgan fingerprint density at radius 2 is 1.42 bits per heavy atom. The largest absolute Gasteiger partial charge is 0.492 e. The zero-order valence-corrected chi connectivity index (χ0v) is 20.0. The minimum atomic E-state index is -0.811. The van der Waals surface area contributed by atoms with Crippen LogP contribution in [0.4, 0.5) is 0 Å². The number of ether oxygens (including phenoxy) is 6. The molecule has 1 atom stereocenters. The third kappa shape index (κ3) is 5.77. The van der Waals surface area contributed by atoms with Gasteiger partial charge in [0.25, 0.3) is 0 Å². The van der Waals surface area contributed by atoms with Crippen LogP contribution in [0.1, 0.15) is 42.2 Å². The molecule has 0 aliphatic carbocycles. The van der Waals surface area contributed by atoms with Gasteiger partial charge in [0.1, 0.15) is 0 Å². The summed E-state index contributed by atoms with van der Waals surface area (Å²) in [5.74, 6) is 0.614. The van der Waals surface area contributed by atoms with E-state index in [9.17, 15) is 9.59 Å². The Hall–Kier alpha value is -3.68. The highest BCUT2D eigenvalue weighted by molar-refractivity contribution is 5.87. The Kier molecular flexibility index (Phi) is 9.15. The van der Waals surface area contributed by atoms with Gasteiger partial charge in [-0.3, -0.25) is 4.79 Å². The van der Waals surface area contributed by atoms with E-state index in [1.165, 1.54) is 41.4 Å². The van der Waals surface area contributed by atoms with Crippen molar-refractivity contribution in [3.05, 3.63) is 52.6 Å². The molecular formula is C25H30O8. The lowest BCUT2D eigenvalue weighted by molar-refractivity contribution is -0.145. The molecule has 2 aromatic rings. The number of benzene rings is 2. The van der Waals surface area contributed by atoms with Crippen LogP contribution in [-0.4, -0.2) is 47.0 Å². The summed E-state index contributed by atoms with van der Waals surface area (Å²) in [4.78, 5) is 23.6. The smallest absolute Gasteiger partial charge is 0.330 e. The van der Waals surface area contributed by atoms with Gasteiger partial charge in [-0.25, -0.2) is 4.79 Å². The van der Waals surface area contributed by atoms with Crippen LogP contribution in [0.5, 0.6) is 23.0 Å². The number of esters is 2. The molecule has 0 fully saturated rings. The van der Waals surface area contributed by atoms with Crippen molar-refractivity contribution in [1.82, 2.24) is 0 Å². The molecular weight excluding hydrogens is 428 g/mol. The van der Waals surface area contributed by atoms with Gasteiger partial charge >= 0.3 is 11.9 Å². The number of carbonyl (C=O) groups excluding carboxylic acids is 2. The van der Waals surface area contributed by atoms with Gasteiger partial charge in [-0.05, 0) is 31.1 Å². The molecule has 0 saturated heterocycles. The van der Waals surface area contributed by atoms with Gasteiger partial charge in [0, 0.05) is 24.1 Å². The molecule has 0 bridgehead atoms. The van der Waals surface area contributed by atoms with Crippen LogP contribution in [0.15, 0.2) is 30.3 Å². The normalized spacial score (nSPS) is 11.6. The molecule has 178 valence electrons. The summed E-state index contributed by atoms with van der Waals surface area (Å²) >= 11 is 0. The topological polar surface area (TPSA) is 89.5 Å². The van der Waals surface area contributed by atoms with E-state index in [2.05, 4.69) is 0 Å². The van der Waals surface area contributed by atoms with Crippen molar-refractivity contribution >= 4 is 18.0 Å². The third-order valence-electron chi connectivity index (χ3n) is 4.91. The maximum Gasteiger partial charge on any atom is 0.330 e. The van der Waals surface area contributed by atoms with Crippen molar-refractivity contribution in [1.29, 1.82) is 0 Å². The van der Waals surface area contributed by atoms with Crippen LogP contribution in [-0.2, 0) is 19.1 Å². The highest BCUT2D eigenvalue weighted by Gasteiger charge is 2.32. The number of rotatable bonds is 10. The molecule has 2 aromatic carbocycles. The highest BCUT2D eigenvalue weighted by Crippen LogP contribution is 2.52. The van der Waals surface area contributed by atoms with Gasteiger partial charge in [0.2, 0.25) is 11.5 Å². The van der Waals surface area contributed by atoms with Crippen molar-refractivity contribution in [3.8, 4) is 23.0 Å². The molecule has 8 heteroatoms. The lowest BCUT2D eigenvalue weighted by Gasteiger charge is -2.26. The summed E-state index contributed by atoms with van der Waals surface area (Å²) in [6.45, 7) is 5.21. The Balaban J connectivity index is 2.64. The van der Waals surface area contributed by atoms with Crippen LogP contribution in [0.2, 0.25) is 0 Å². The van der Waals surface area contributed by atoms with E-state index in [1.807, 2.05) is 6.92 Å². The lowest BCUT2D eigenvalue weighted by atomic mass is 9.93. The van der Waals surface area contributed by atoms with E-state index in [1.54, 1.807) is 37.3 Å². The van der Waals surface area contributed by atoms with Crippen molar-refractivity contribution in [2.45, 2.75) is 26.9 Å². The Bertz CT molecular complexity index is 1010. The van der Waals surface area contributed by atoms with Gasteiger partial charge < -0.3 is 28.4 Å². The molecule has 0 spiro atoms. The summed E-state index contributed by atoms with van der Waals surface area (Å²) in [6, 6.07) is 7.23. The highest BCUT2D eigenvalue weighted by atomic mass is 16.6. The Morgan fingerprint density at radius 3 is 1.91 bits per heavy atom. The summed E-state index contributed by atoms with van der Waals surface area (Å²) in [6.07, 6.45) is 2.19. The zero-order valence-electron chi connectivity index (χ0n) is 20.0. The van der Waals surface area contributed by atoms with E-state index in [0.29, 0.717) is 46.3 Å². The van der Waals surface area contributed by atoms with Crippen LogP contribution in [0, 0.1) is 6.92 Å². The summed E-state index contributed by atoms with van der Waals surface area (Å²) in [5, 5.41) is 0. The summed E-state index contributed by atoms with van der Waals surface area (Å²) in [7, 11) is 6.02. The fraction of sp³-hybridized carbons (Fsp3) is 0.360. The average molecular weight is 459 g/mol. The summed E-state index contributed by atoms with van der Waals surface area (Å²) in [5.41, 5.74) is 2.71. The first kappa shape index (κ1) is 25.6. The van der Waals surface area contributed by atoms with Gasteiger partial charge in [-0.15, -0.1) is 0 Å². The van der Waals surface area contributed by atoms with Crippen LogP contribution in [0.25, 0.3) is 6.08 Å². The van der Waals surface area contributed by atoms with E-state index < -0.39 is 18.0 Å². The molecule has 1 unspecified atom stereocenters. The monoisotopic (exact) mass is 458 g/mol. The van der Waals surface area contributed by atoms with Crippen molar-refractivity contribution in [2.75, 3.05) is 35.0 Å². The van der Waals surface area contributed by atoms with Crippen molar-refractivity contribution < 1.29 is 38.0 Å². The lowest BCUT2D eigenvalue weighted by Crippen LogP contribution is -2.14. The van der Waals surface area contributed by atoms with Crippen molar-refractivity contribution in [2.24, 2.45) is 0 Å². The molecule has 8 nitrogen and oxygen atoms in total. The maximum atomic E-state index is 12.0. The Morgan fingerprint density at radius 1 is 0.879 bits per heavy atom. The Labute approximate surface area is 194 Å². The molecule has 2 rings (SSSR count). The first-order valence-corrected chi connectivity index (χ1v) is 10.3. The molecule has 0 heterocycles. The second-order valence-electron chi connectivity index (χ2n) is 6.91. The molecule has 0 aliphatic rings. The number of hydrogen-bond donors (Lipinski definition) is 0. The van der Waals surface area contributed by atoms with E-state index in [4.69, 9.17) is 28.4 Å². The molecule has 0 saturated carbocycles. The minimum Gasteiger partial charge on any atom is -0.492 e. The molecule has 0 radical (unpaired) electrons. The van der Waals surface area contributed by atoms with E-state index in [0.717, 1.165) is 5.56 Å². The first-order chi connectivity index (χ1) is 15.8. The van der Waals surface area contributed by atoms with Gasteiger partial charge in [-0.2, -0.15) is 0 Å². The molecule has 0 amide bonds. The molecule has 33 heavy (non-hydrogen) atoms. The van der Waals surface area contributed by atoms with Crippen LogP contribution < -0.4 is 18.9 Å². The number of carbonyl (C=O) groups is 2. The maximum absolute atomic E-state index is 12.0. The van der Waals surface area contributed by atoms with Crippen molar-refractivity contribution in [3.63, 3.8) is 0 Å². The molecule has 0 aromatic heterocycles. The van der Waals surface area contributed by atoms with E-state index >= 15 is 0 Å². The zero-order chi connectivity index (χ0) is 24.5. The van der Waals surface area contributed by atoms with Gasteiger partial charge in [0.05, 0.1) is 35.0 Å². The minimum absolute atomic E-state index is 0.308. The third-order valence-corrected chi connectivity index (χ3v) is 4.91. The average Bonchev–Trinajstić information content (AvgIpc) is 2.80. The van der Waals surface area contributed by atoms with Gasteiger partial charge in [-0.1, -0.05) is 24.3 Å². The number of hydrogen-bond acceptors (Lipinski definition) is 8. The van der Waals surface area contributed by atoms with Crippen LogP contribution >= 0.6 is 0 Å². The quantitative estimate of drug-likeness (QED) is 0.385. The fourth-order valence-electron chi connectivity index (χ4n) is 3.52. The fourth-order valence-corrected chi connectivity index (χ4v) is 3.52. The predicted octanol–water partition coefficient (Wildman–Crippen LogP) is 4.26. The van der Waals surface area contributed by atoms with Gasteiger partial charge in [0.15, 0.2) is 17.6 Å². The van der Waals surface area contributed by atoms with Crippen LogP contribution in [0.3, 0.4) is 0 Å². The second-order valence-corrected chi connectivity index (χ2v) is 6.91. The summed E-state index contributed by atoms with van der Waals surface area (Å²) < 4.78 is 32.9. The van der Waals surface area contributed by atoms with E-state index in [-0.39, 0.29) is 0 Å². The standard InChI is InChI=1S/C25H30O8/c1-8-32-19(27)14-11-17-9-12-18(13-10-17)22(33-16(3)26)20-15(2)21(28-4)24(30-6)25(31-7)23(20)29-5/h9-14,22H,8H2,1-7H3/b14-11+. The predicted molar refractivity (Wildman–Crippen MR) is 123 cm³/mol. The molecule has 0 N–H and O–H groups in total. The SMILES string of the molecule is CCOC(=O)/C=C/c1ccc(C(OC(C)=O)c2c(C)c(OC)c(OC)c(OC)c2OC)cc1. The first-order valence-electron chi connectivity index (χ1n) is 10.3. The molecule has 0 aliphatic heterocycles. The number of methoxy groups -OCH3 is 4. The second kappa shape index (κ2) is 11.8.